The van der Waals surface area contributed by atoms with E-state index in [0.717, 1.165) is 5.56 Å². The number of benzene rings is 1. The molecule has 0 saturated carbocycles. The molecule has 2 atom stereocenters. The second kappa shape index (κ2) is 5.65. The van der Waals surface area contributed by atoms with Gasteiger partial charge in [-0.2, -0.15) is 0 Å². The Hall–Kier alpha value is -2.21. The van der Waals surface area contributed by atoms with Gasteiger partial charge in [-0.15, -0.1) is 11.3 Å². The first-order chi connectivity index (χ1) is 10.2. The lowest BCUT2D eigenvalue weighted by Crippen LogP contribution is -2.29. The quantitative estimate of drug-likeness (QED) is 0.946. The summed E-state index contributed by atoms with van der Waals surface area (Å²) in [6.07, 6.45) is 1.87. The molecule has 0 spiro atoms. The number of hydrogen-bond acceptors (Lipinski definition) is 4. The average Bonchev–Trinajstić information content (AvgIpc) is 3.09. The van der Waals surface area contributed by atoms with E-state index in [1.807, 2.05) is 30.3 Å². The van der Waals surface area contributed by atoms with Gasteiger partial charge in [0.05, 0.1) is 12.0 Å². The summed E-state index contributed by atoms with van der Waals surface area (Å²) in [5.41, 5.74) is 0.977. The van der Waals surface area contributed by atoms with Gasteiger partial charge < -0.3 is 10.2 Å². The normalized spacial score (nSPS) is 21.6. The topological polar surface area (TPSA) is 62.3 Å². The lowest BCUT2D eigenvalue weighted by atomic mass is 9.93. The van der Waals surface area contributed by atoms with Gasteiger partial charge in [0.2, 0.25) is 11.8 Å². The van der Waals surface area contributed by atoms with Crippen molar-refractivity contribution in [2.45, 2.75) is 12.5 Å². The van der Waals surface area contributed by atoms with Gasteiger partial charge in [-0.3, -0.25) is 9.59 Å². The van der Waals surface area contributed by atoms with Gasteiger partial charge in [0.1, 0.15) is 0 Å². The third-order valence-electron chi connectivity index (χ3n) is 3.73. The molecule has 2 aromatic rings. The van der Waals surface area contributed by atoms with Crippen molar-refractivity contribution in [2.24, 2.45) is 5.92 Å². The summed E-state index contributed by atoms with van der Waals surface area (Å²) in [7, 11) is 1.75. The van der Waals surface area contributed by atoms with Crippen LogP contribution < -0.4 is 5.32 Å². The number of thiazole rings is 1. The Labute approximate surface area is 126 Å². The average molecular weight is 301 g/mol. The van der Waals surface area contributed by atoms with Crippen molar-refractivity contribution in [1.82, 2.24) is 9.88 Å². The minimum absolute atomic E-state index is 0.0110. The van der Waals surface area contributed by atoms with E-state index in [-0.39, 0.29) is 24.3 Å². The minimum atomic E-state index is -0.395. The standard InChI is InChI=1S/C15H15N3O2S/c1-18-12(19)9-11(13(18)10-5-3-2-4-6-10)14(20)17-15-16-7-8-21-15/h2-8,11,13H,9H2,1H3,(H,16,17,20)/t11-,13+/m1/s1. The molecule has 1 aromatic heterocycles. The maximum absolute atomic E-state index is 12.5. The molecule has 0 radical (unpaired) electrons. The summed E-state index contributed by atoms with van der Waals surface area (Å²) in [5, 5.41) is 5.16. The minimum Gasteiger partial charge on any atom is -0.338 e. The van der Waals surface area contributed by atoms with Crippen LogP contribution in [0, 0.1) is 5.92 Å². The van der Waals surface area contributed by atoms with Crippen LogP contribution in [0.25, 0.3) is 0 Å². The number of carbonyl (C=O) groups excluding carboxylic acids is 2. The number of rotatable bonds is 3. The van der Waals surface area contributed by atoms with Gasteiger partial charge in [0.15, 0.2) is 5.13 Å². The summed E-state index contributed by atoms with van der Waals surface area (Å²) in [6, 6.07) is 9.43. The highest BCUT2D eigenvalue weighted by atomic mass is 32.1. The number of anilines is 1. The van der Waals surface area contributed by atoms with Gasteiger partial charge in [0, 0.05) is 25.0 Å². The Morgan fingerprint density at radius 2 is 2.14 bits per heavy atom. The fraction of sp³-hybridized carbons (Fsp3) is 0.267. The number of aromatic nitrogens is 1. The zero-order chi connectivity index (χ0) is 14.8. The van der Waals surface area contributed by atoms with Crippen molar-refractivity contribution in [1.29, 1.82) is 0 Å². The fourth-order valence-electron chi connectivity index (χ4n) is 2.69. The molecule has 1 N–H and O–H groups in total. The van der Waals surface area contributed by atoms with Crippen molar-refractivity contribution in [3.05, 3.63) is 47.5 Å². The van der Waals surface area contributed by atoms with E-state index in [9.17, 15) is 9.59 Å². The van der Waals surface area contributed by atoms with Crippen LogP contribution in [0.5, 0.6) is 0 Å². The van der Waals surface area contributed by atoms with Crippen molar-refractivity contribution in [3.63, 3.8) is 0 Å². The summed E-state index contributed by atoms with van der Waals surface area (Å²) >= 11 is 1.37. The van der Waals surface area contributed by atoms with E-state index < -0.39 is 5.92 Å². The van der Waals surface area contributed by atoms with Crippen LogP contribution in [0.1, 0.15) is 18.0 Å². The molecule has 1 aromatic carbocycles. The van der Waals surface area contributed by atoms with Crippen LogP contribution in [0.2, 0.25) is 0 Å². The zero-order valence-corrected chi connectivity index (χ0v) is 12.3. The van der Waals surface area contributed by atoms with Crippen LogP contribution >= 0.6 is 11.3 Å². The van der Waals surface area contributed by atoms with Crippen molar-refractivity contribution < 1.29 is 9.59 Å². The number of carbonyl (C=O) groups is 2. The fourth-order valence-corrected chi connectivity index (χ4v) is 3.23. The molecule has 5 nitrogen and oxygen atoms in total. The van der Waals surface area contributed by atoms with Crippen LogP contribution in [-0.4, -0.2) is 28.7 Å². The molecule has 0 bridgehead atoms. The number of nitrogens with one attached hydrogen (secondary N) is 1. The molecule has 2 amide bonds. The van der Waals surface area contributed by atoms with Crippen molar-refractivity contribution in [2.75, 3.05) is 12.4 Å². The number of amides is 2. The Bertz CT molecular complexity index is 642. The highest BCUT2D eigenvalue weighted by Gasteiger charge is 2.42. The van der Waals surface area contributed by atoms with Crippen molar-refractivity contribution in [3.8, 4) is 0 Å². The first-order valence-corrected chi connectivity index (χ1v) is 7.56. The highest BCUT2D eigenvalue weighted by molar-refractivity contribution is 7.13. The molecule has 21 heavy (non-hydrogen) atoms. The van der Waals surface area contributed by atoms with Crippen molar-refractivity contribution >= 4 is 28.3 Å². The number of hydrogen-bond donors (Lipinski definition) is 1. The smallest absolute Gasteiger partial charge is 0.232 e. The van der Waals surface area contributed by atoms with Crippen LogP contribution in [0.4, 0.5) is 5.13 Å². The molecule has 6 heteroatoms. The van der Waals surface area contributed by atoms with Crippen LogP contribution in [0.3, 0.4) is 0 Å². The molecule has 0 aliphatic carbocycles. The molecule has 1 saturated heterocycles. The third kappa shape index (κ3) is 2.67. The first-order valence-electron chi connectivity index (χ1n) is 6.68. The lowest BCUT2D eigenvalue weighted by Gasteiger charge is -2.24. The van der Waals surface area contributed by atoms with E-state index in [0.29, 0.717) is 5.13 Å². The van der Waals surface area contributed by atoms with Gasteiger partial charge >= 0.3 is 0 Å². The summed E-state index contributed by atoms with van der Waals surface area (Å²) in [5.74, 6) is -0.562. The molecule has 1 aliphatic rings. The van der Waals surface area contributed by atoms with Crippen LogP contribution in [0.15, 0.2) is 41.9 Å². The third-order valence-corrected chi connectivity index (χ3v) is 4.42. The van der Waals surface area contributed by atoms with Gasteiger partial charge in [-0.05, 0) is 5.56 Å². The number of nitrogens with zero attached hydrogens (tertiary/aromatic N) is 2. The molecule has 2 heterocycles. The van der Waals surface area contributed by atoms with E-state index in [2.05, 4.69) is 10.3 Å². The molecular weight excluding hydrogens is 286 g/mol. The van der Waals surface area contributed by atoms with Gasteiger partial charge in [-0.25, -0.2) is 4.98 Å². The monoisotopic (exact) mass is 301 g/mol. The van der Waals surface area contributed by atoms with E-state index in [1.165, 1.54) is 11.3 Å². The van der Waals surface area contributed by atoms with Gasteiger partial charge in [-0.1, -0.05) is 30.3 Å². The molecular formula is C15H15N3O2S. The Kier molecular flexibility index (Phi) is 3.70. The molecule has 1 aliphatic heterocycles. The Morgan fingerprint density at radius 1 is 1.38 bits per heavy atom. The van der Waals surface area contributed by atoms with E-state index in [1.54, 1.807) is 23.5 Å². The number of likely N-dealkylation sites (tertiary alicyclic amines) is 1. The summed E-state index contributed by atoms with van der Waals surface area (Å²) in [6.45, 7) is 0. The largest absolute Gasteiger partial charge is 0.338 e. The predicted molar refractivity (Wildman–Crippen MR) is 80.8 cm³/mol. The Morgan fingerprint density at radius 3 is 2.81 bits per heavy atom. The predicted octanol–water partition coefficient (Wildman–Crippen LogP) is 2.30. The van der Waals surface area contributed by atoms with E-state index in [4.69, 9.17) is 0 Å². The maximum atomic E-state index is 12.5. The molecule has 3 rings (SSSR count). The first kappa shape index (κ1) is 13.8. The lowest BCUT2D eigenvalue weighted by molar-refractivity contribution is -0.127. The second-order valence-corrected chi connectivity index (χ2v) is 5.89. The second-order valence-electron chi connectivity index (χ2n) is 5.00. The molecule has 0 unspecified atom stereocenters. The molecule has 108 valence electrons. The van der Waals surface area contributed by atoms with Crippen LogP contribution in [-0.2, 0) is 9.59 Å². The summed E-state index contributed by atoms with van der Waals surface area (Å²) in [4.78, 5) is 30.2. The highest BCUT2D eigenvalue weighted by Crippen LogP contribution is 2.37. The zero-order valence-electron chi connectivity index (χ0n) is 11.5. The SMILES string of the molecule is CN1C(=O)C[C@@H](C(=O)Nc2nccs2)[C@@H]1c1ccccc1. The maximum Gasteiger partial charge on any atom is 0.232 e. The van der Waals surface area contributed by atoms with E-state index >= 15 is 0 Å². The summed E-state index contributed by atoms with van der Waals surface area (Å²) < 4.78 is 0. The molecule has 1 fully saturated rings. The van der Waals surface area contributed by atoms with Gasteiger partial charge in [0.25, 0.3) is 0 Å². The Balaban J connectivity index is 1.85.